The van der Waals surface area contributed by atoms with Crippen molar-refractivity contribution in [3.63, 3.8) is 0 Å². The predicted octanol–water partition coefficient (Wildman–Crippen LogP) is -0.0108. The summed E-state index contributed by atoms with van der Waals surface area (Å²) in [6.45, 7) is 1.97. The molecule has 0 aromatic carbocycles. The quantitative estimate of drug-likeness (QED) is 0.695. The highest BCUT2D eigenvalue weighted by atomic mass is 16.5. The van der Waals surface area contributed by atoms with Crippen molar-refractivity contribution in [2.24, 2.45) is 0 Å². The van der Waals surface area contributed by atoms with E-state index in [2.05, 4.69) is 20.1 Å². The van der Waals surface area contributed by atoms with Crippen molar-refractivity contribution in [3.05, 3.63) is 12.2 Å². The highest BCUT2D eigenvalue weighted by Crippen LogP contribution is 2.16. The van der Waals surface area contributed by atoms with Crippen LogP contribution < -0.4 is 5.32 Å². The number of nitrogens with one attached hydrogen (secondary N) is 1. The Morgan fingerprint density at radius 3 is 3.00 bits per heavy atom. The SMILES string of the molecule is COC(=O)c1ncn(C2CCNCC2)n1. The number of hydrogen-bond donors (Lipinski definition) is 1. The van der Waals surface area contributed by atoms with Gasteiger partial charge in [-0.25, -0.2) is 14.5 Å². The van der Waals surface area contributed by atoms with E-state index in [4.69, 9.17) is 0 Å². The highest BCUT2D eigenvalue weighted by Gasteiger charge is 2.18. The van der Waals surface area contributed by atoms with E-state index >= 15 is 0 Å². The molecule has 0 saturated carbocycles. The number of nitrogens with zero attached hydrogens (tertiary/aromatic N) is 3. The molecule has 0 bridgehead atoms. The van der Waals surface area contributed by atoms with Crippen molar-refractivity contribution in [2.75, 3.05) is 20.2 Å². The molecular formula is C9H14N4O2. The summed E-state index contributed by atoms with van der Waals surface area (Å²) in [7, 11) is 1.33. The molecule has 1 saturated heterocycles. The van der Waals surface area contributed by atoms with Gasteiger partial charge in [-0.2, -0.15) is 0 Å². The topological polar surface area (TPSA) is 69.0 Å². The number of piperidine rings is 1. The summed E-state index contributed by atoms with van der Waals surface area (Å²) in [5.74, 6) is -0.348. The Morgan fingerprint density at radius 2 is 2.33 bits per heavy atom. The van der Waals surface area contributed by atoms with E-state index in [1.807, 2.05) is 0 Å². The van der Waals surface area contributed by atoms with Gasteiger partial charge in [0.2, 0.25) is 0 Å². The molecule has 82 valence electrons. The van der Waals surface area contributed by atoms with Gasteiger partial charge in [-0.05, 0) is 25.9 Å². The maximum absolute atomic E-state index is 11.1. The second-order valence-electron chi connectivity index (χ2n) is 3.52. The van der Waals surface area contributed by atoms with Crippen LogP contribution in [0.4, 0.5) is 0 Å². The first kappa shape index (κ1) is 10.1. The van der Waals surface area contributed by atoms with E-state index in [1.54, 1.807) is 11.0 Å². The van der Waals surface area contributed by atoms with Gasteiger partial charge >= 0.3 is 5.97 Å². The van der Waals surface area contributed by atoms with Gasteiger partial charge in [0.1, 0.15) is 6.33 Å². The zero-order valence-electron chi connectivity index (χ0n) is 8.64. The van der Waals surface area contributed by atoms with Crippen LogP contribution in [0.25, 0.3) is 0 Å². The number of esters is 1. The van der Waals surface area contributed by atoms with Gasteiger partial charge in [-0.3, -0.25) is 0 Å². The molecule has 6 nitrogen and oxygen atoms in total. The maximum atomic E-state index is 11.1. The largest absolute Gasteiger partial charge is 0.463 e. The van der Waals surface area contributed by atoms with Crippen molar-refractivity contribution in [1.29, 1.82) is 0 Å². The molecule has 1 aliphatic heterocycles. The number of hydrogen-bond acceptors (Lipinski definition) is 5. The maximum Gasteiger partial charge on any atom is 0.377 e. The smallest absolute Gasteiger partial charge is 0.377 e. The standard InChI is InChI=1S/C9H14N4O2/c1-15-9(14)8-11-6-13(12-8)7-2-4-10-5-3-7/h6-7,10H,2-5H2,1H3. The third-order valence-electron chi connectivity index (χ3n) is 2.56. The van der Waals surface area contributed by atoms with Gasteiger partial charge < -0.3 is 10.1 Å². The first-order valence-electron chi connectivity index (χ1n) is 5.01. The van der Waals surface area contributed by atoms with E-state index in [0.717, 1.165) is 25.9 Å². The van der Waals surface area contributed by atoms with Crippen molar-refractivity contribution < 1.29 is 9.53 Å². The second kappa shape index (κ2) is 4.39. The third-order valence-corrected chi connectivity index (χ3v) is 2.56. The fourth-order valence-electron chi connectivity index (χ4n) is 1.71. The molecule has 1 N–H and O–H groups in total. The van der Waals surface area contributed by atoms with Crippen LogP contribution in [0.5, 0.6) is 0 Å². The molecule has 1 aliphatic rings. The summed E-state index contributed by atoms with van der Waals surface area (Å²) in [4.78, 5) is 15.1. The van der Waals surface area contributed by atoms with Gasteiger partial charge in [-0.15, -0.1) is 5.10 Å². The van der Waals surface area contributed by atoms with Crippen LogP contribution in [-0.4, -0.2) is 40.9 Å². The molecule has 1 aromatic rings. The van der Waals surface area contributed by atoms with E-state index in [1.165, 1.54) is 7.11 Å². The molecule has 2 rings (SSSR count). The first-order valence-corrected chi connectivity index (χ1v) is 5.01. The Balaban J connectivity index is 2.08. The minimum absolute atomic E-state index is 0.135. The Morgan fingerprint density at radius 1 is 1.60 bits per heavy atom. The molecule has 0 spiro atoms. The van der Waals surface area contributed by atoms with Crippen molar-refractivity contribution in [2.45, 2.75) is 18.9 Å². The molecule has 0 amide bonds. The van der Waals surface area contributed by atoms with Gasteiger partial charge in [0.15, 0.2) is 0 Å². The van der Waals surface area contributed by atoms with E-state index in [0.29, 0.717) is 6.04 Å². The molecule has 1 fully saturated rings. The van der Waals surface area contributed by atoms with Crippen molar-refractivity contribution in [1.82, 2.24) is 20.1 Å². The van der Waals surface area contributed by atoms with Crippen LogP contribution in [0.1, 0.15) is 29.5 Å². The molecule has 1 aromatic heterocycles. The summed E-state index contributed by atoms with van der Waals surface area (Å²) in [5.41, 5.74) is 0. The summed E-state index contributed by atoms with van der Waals surface area (Å²) in [6.07, 6.45) is 3.64. The second-order valence-corrected chi connectivity index (χ2v) is 3.52. The number of aromatic nitrogens is 3. The average molecular weight is 210 g/mol. The number of carbonyl (C=O) groups excluding carboxylic acids is 1. The van der Waals surface area contributed by atoms with Gasteiger partial charge in [0.25, 0.3) is 5.82 Å². The molecule has 0 radical (unpaired) electrons. The lowest BCUT2D eigenvalue weighted by atomic mass is 10.1. The number of carbonyl (C=O) groups is 1. The Bertz CT molecular complexity index is 344. The van der Waals surface area contributed by atoms with Crippen molar-refractivity contribution in [3.8, 4) is 0 Å². The third kappa shape index (κ3) is 2.15. The lowest BCUT2D eigenvalue weighted by molar-refractivity contribution is 0.0586. The first-order chi connectivity index (χ1) is 7.31. The van der Waals surface area contributed by atoms with Crippen molar-refractivity contribution >= 4 is 5.97 Å². The molecular weight excluding hydrogens is 196 g/mol. The summed E-state index contributed by atoms with van der Waals surface area (Å²) < 4.78 is 6.30. The summed E-state index contributed by atoms with van der Waals surface area (Å²) in [6, 6.07) is 0.345. The number of ether oxygens (including phenoxy) is 1. The van der Waals surface area contributed by atoms with E-state index in [-0.39, 0.29) is 5.82 Å². The Labute approximate surface area is 87.6 Å². The van der Waals surface area contributed by atoms with E-state index in [9.17, 15) is 4.79 Å². The Hall–Kier alpha value is -1.43. The predicted molar refractivity (Wildman–Crippen MR) is 52.5 cm³/mol. The monoisotopic (exact) mass is 210 g/mol. The van der Waals surface area contributed by atoms with Crippen LogP contribution >= 0.6 is 0 Å². The molecule has 0 aliphatic carbocycles. The molecule has 15 heavy (non-hydrogen) atoms. The molecule has 0 atom stereocenters. The Kier molecular flexibility index (Phi) is 2.96. The van der Waals surface area contributed by atoms with Crippen LogP contribution in [-0.2, 0) is 4.74 Å². The number of rotatable bonds is 2. The zero-order valence-corrected chi connectivity index (χ0v) is 8.64. The summed E-state index contributed by atoms with van der Waals surface area (Å²) in [5, 5.41) is 7.38. The fraction of sp³-hybridized carbons (Fsp3) is 0.667. The van der Waals surface area contributed by atoms with Crippen LogP contribution in [0, 0.1) is 0 Å². The molecule has 2 heterocycles. The van der Waals surface area contributed by atoms with E-state index < -0.39 is 5.97 Å². The van der Waals surface area contributed by atoms with Gasteiger partial charge in [-0.1, -0.05) is 0 Å². The van der Waals surface area contributed by atoms with Gasteiger partial charge in [0, 0.05) is 0 Å². The lowest BCUT2D eigenvalue weighted by Crippen LogP contribution is -2.29. The average Bonchev–Trinajstić information content (AvgIpc) is 2.78. The lowest BCUT2D eigenvalue weighted by Gasteiger charge is -2.22. The zero-order chi connectivity index (χ0) is 10.7. The van der Waals surface area contributed by atoms with Gasteiger partial charge in [0.05, 0.1) is 13.2 Å². The minimum atomic E-state index is -0.484. The minimum Gasteiger partial charge on any atom is -0.463 e. The van der Waals surface area contributed by atoms with Crippen LogP contribution in [0.15, 0.2) is 6.33 Å². The highest BCUT2D eigenvalue weighted by molar-refractivity contribution is 5.84. The fourth-order valence-corrected chi connectivity index (χ4v) is 1.71. The normalized spacial score (nSPS) is 17.7. The van der Waals surface area contributed by atoms with Crippen LogP contribution in [0.2, 0.25) is 0 Å². The number of methoxy groups -OCH3 is 1. The molecule has 0 unspecified atom stereocenters. The van der Waals surface area contributed by atoms with Crippen LogP contribution in [0.3, 0.4) is 0 Å². The molecule has 6 heteroatoms. The summed E-state index contributed by atoms with van der Waals surface area (Å²) >= 11 is 0.